The van der Waals surface area contributed by atoms with E-state index in [4.69, 9.17) is 9.47 Å². The zero-order valence-corrected chi connectivity index (χ0v) is 25.2. The fraction of sp³-hybridized carbons (Fsp3) is 0.406. The second-order valence-corrected chi connectivity index (χ2v) is 13.3. The number of carbonyl (C=O) groups excluding carboxylic acids is 5. The van der Waals surface area contributed by atoms with Crippen molar-refractivity contribution in [1.29, 1.82) is 0 Å². The Morgan fingerprint density at radius 1 is 0.814 bits per heavy atom. The number of benzene rings is 2. The molecule has 0 unspecified atom stereocenters. The predicted octanol–water partition coefficient (Wildman–Crippen LogP) is 4.39. The van der Waals surface area contributed by atoms with Crippen LogP contribution in [0, 0.1) is 0 Å². The highest BCUT2D eigenvalue weighted by Crippen LogP contribution is 2.59. The lowest BCUT2D eigenvalue weighted by Crippen LogP contribution is -2.65. The SMILES string of the molecule is CN1C(=O)C(=O)N2[C@H]3N(C(=O)OC(C)(C)C)c4ccccc4[C@@]3(c3cn(C(=O)OC(C)(C)C)c4ccccc34)C[C@H]2C1=O. The van der Waals surface area contributed by atoms with Gasteiger partial charge >= 0.3 is 24.0 Å². The summed E-state index contributed by atoms with van der Waals surface area (Å²) in [4.78, 5) is 71.3. The molecule has 2 aromatic carbocycles. The van der Waals surface area contributed by atoms with Crippen molar-refractivity contribution in [2.75, 3.05) is 11.9 Å². The number of anilines is 1. The van der Waals surface area contributed by atoms with Crippen LogP contribution in [0.4, 0.5) is 15.3 Å². The van der Waals surface area contributed by atoms with Gasteiger partial charge in [0, 0.05) is 18.6 Å². The van der Waals surface area contributed by atoms with Gasteiger partial charge in [-0.3, -0.25) is 33.7 Å². The molecule has 0 aliphatic carbocycles. The summed E-state index contributed by atoms with van der Waals surface area (Å²) in [5.74, 6) is -2.42. The molecule has 4 amide bonds. The van der Waals surface area contributed by atoms with Crippen molar-refractivity contribution in [1.82, 2.24) is 14.4 Å². The van der Waals surface area contributed by atoms with Crippen LogP contribution in [0.1, 0.15) is 59.1 Å². The third-order valence-corrected chi connectivity index (χ3v) is 8.15. The molecule has 43 heavy (non-hydrogen) atoms. The van der Waals surface area contributed by atoms with Gasteiger partial charge in [0.05, 0.1) is 16.6 Å². The number of ether oxygens (including phenoxy) is 2. The second-order valence-electron chi connectivity index (χ2n) is 13.3. The molecule has 3 atom stereocenters. The minimum absolute atomic E-state index is 0.0680. The summed E-state index contributed by atoms with van der Waals surface area (Å²) in [7, 11) is 1.29. The summed E-state index contributed by atoms with van der Waals surface area (Å²) in [6.07, 6.45) is -0.721. The number of hydrogen-bond acceptors (Lipinski definition) is 7. The summed E-state index contributed by atoms with van der Waals surface area (Å²) in [6, 6.07) is 13.4. The molecule has 0 bridgehead atoms. The Balaban J connectivity index is 1.66. The van der Waals surface area contributed by atoms with Gasteiger partial charge in [-0.05, 0) is 71.2 Å². The van der Waals surface area contributed by atoms with E-state index in [2.05, 4.69) is 0 Å². The predicted molar refractivity (Wildman–Crippen MR) is 156 cm³/mol. The molecule has 1 aromatic heterocycles. The first-order valence-corrected chi connectivity index (χ1v) is 14.2. The van der Waals surface area contributed by atoms with E-state index in [0.29, 0.717) is 27.7 Å². The Kier molecular flexibility index (Phi) is 6.06. The van der Waals surface area contributed by atoms with E-state index >= 15 is 0 Å². The third kappa shape index (κ3) is 4.12. The minimum atomic E-state index is -1.21. The summed E-state index contributed by atoms with van der Waals surface area (Å²) in [6.45, 7) is 10.5. The molecule has 2 saturated heterocycles. The zero-order valence-electron chi connectivity index (χ0n) is 25.2. The van der Waals surface area contributed by atoms with E-state index in [0.717, 1.165) is 4.90 Å². The Hall–Kier alpha value is -4.67. The number of imide groups is 1. The van der Waals surface area contributed by atoms with Gasteiger partial charge in [-0.2, -0.15) is 0 Å². The van der Waals surface area contributed by atoms with Crippen LogP contribution < -0.4 is 4.90 Å². The number of aromatic nitrogens is 1. The largest absolute Gasteiger partial charge is 0.443 e. The van der Waals surface area contributed by atoms with Gasteiger partial charge < -0.3 is 9.47 Å². The third-order valence-electron chi connectivity index (χ3n) is 8.15. The highest BCUT2D eigenvalue weighted by Gasteiger charge is 2.69. The number of carbonyl (C=O) groups is 5. The molecule has 3 aliphatic rings. The Morgan fingerprint density at radius 3 is 2.09 bits per heavy atom. The van der Waals surface area contributed by atoms with Crippen LogP contribution in [0.3, 0.4) is 0 Å². The van der Waals surface area contributed by atoms with Crippen molar-refractivity contribution in [3.8, 4) is 0 Å². The monoisotopic (exact) mass is 586 g/mol. The quantitative estimate of drug-likeness (QED) is 0.307. The lowest BCUT2D eigenvalue weighted by molar-refractivity contribution is -0.166. The Labute approximate surface area is 248 Å². The maximum Gasteiger partial charge on any atom is 0.419 e. The summed E-state index contributed by atoms with van der Waals surface area (Å²) < 4.78 is 13.0. The number of rotatable bonds is 1. The van der Waals surface area contributed by atoms with Gasteiger partial charge in [0.15, 0.2) is 0 Å². The number of piperazine rings is 1. The topological polar surface area (TPSA) is 118 Å². The van der Waals surface area contributed by atoms with Gasteiger partial charge in [0.1, 0.15) is 23.4 Å². The standard InChI is InChI=1S/C32H34N4O7/c1-30(2,3)42-28(40)34-17-20(18-12-8-10-14-21(18)34)32-16-23-24(37)33(7)25(38)26(39)35(23)27(32)36(29(41)43-31(4,5)6)22-15-11-9-13-19(22)32/h8-15,17,23,27H,16H2,1-7H3/t23-,27-,32+/m0/s1. The molecule has 11 nitrogen and oxygen atoms in total. The number of likely N-dealkylation sites (N-methyl/N-ethyl adjacent to an activating group) is 1. The maximum atomic E-state index is 14.0. The highest BCUT2D eigenvalue weighted by molar-refractivity contribution is 6.40. The summed E-state index contributed by atoms with van der Waals surface area (Å²) in [5, 5.41) is 0.679. The van der Waals surface area contributed by atoms with Crippen LogP contribution in [0.25, 0.3) is 10.9 Å². The first-order valence-electron chi connectivity index (χ1n) is 14.2. The van der Waals surface area contributed by atoms with Crippen LogP contribution in [0.2, 0.25) is 0 Å². The van der Waals surface area contributed by atoms with Crippen LogP contribution in [0.5, 0.6) is 0 Å². The lowest BCUT2D eigenvalue weighted by Gasteiger charge is -2.40. The zero-order chi connectivity index (χ0) is 31.2. The van der Waals surface area contributed by atoms with Crippen LogP contribution in [-0.4, -0.2) is 74.7 Å². The Morgan fingerprint density at radius 2 is 1.42 bits per heavy atom. The molecule has 6 rings (SSSR count). The van der Waals surface area contributed by atoms with Gasteiger partial charge in [-0.25, -0.2) is 9.59 Å². The van der Waals surface area contributed by atoms with E-state index in [1.165, 1.54) is 21.4 Å². The second kappa shape index (κ2) is 9.16. The number of hydrogen-bond donors (Lipinski definition) is 0. The first kappa shape index (κ1) is 28.4. The maximum absolute atomic E-state index is 14.0. The van der Waals surface area contributed by atoms with E-state index in [9.17, 15) is 24.0 Å². The Bertz CT molecular complexity index is 1730. The molecule has 11 heteroatoms. The van der Waals surface area contributed by atoms with Crippen molar-refractivity contribution >= 4 is 46.5 Å². The minimum Gasteiger partial charge on any atom is -0.443 e. The van der Waals surface area contributed by atoms with Crippen molar-refractivity contribution < 1.29 is 33.4 Å². The molecule has 2 fully saturated rings. The first-order chi connectivity index (χ1) is 20.1. The fourth-order valence-electron chi connectivity index (χ4n) is 6.64. The van der Waals surface area contributed by atoms with Gasteiger partial charge in [-0.15, -0.1) is 0 Å². The summed E-state index contributed by atoms with van der Waals surface area (Å²) in [5.41, 5.74) is -0.522. The van der Waals surface area contributed by atoms with E-state index in [1.54, 1.807) is 72.0 Å². The van der Waals surface area contributed by atoms with E-state index < -0.39 is 58.7 Å². The van der Waals surface area contributed by atoms with Crippen LogP contribution in [0.15, 0.2) is 54.7 Å². The van der Waals surface area contributed by atoms with Gasteiger partial charge in [0.25, 0.3) is 5.91 Å². The van der Waals surface area contributed by atoms with Crippen molar-refractivity contribution in [3.05, 3.63) is 65.9 Å². The smallest absolute Gasteiger partial charge is 0.419 e. The molecule has 0 saturated carbocycles. The van der Waals surface area contributed by atoms with E-state index in [-0.39, 0.29) is 6.42 Å². The molecule has 0 radical (unpaired) electrons. The molecule has 224 valence electrons. The van der Waals surface area contributed by atoms with Crippen LogP contribution in [-0.2, 0) is 29.3 Å². The molecule has 3 aromatic rings. The average Bonchev–Trinajstić information content (AvgIpc) is 3.55. The molecule has 4 heterocycles. The molecule has 3 aliphatic heterocycles. The average molecular weight is 587 g/mol. The number of fused-ring (bicyclic) bond motifs is 6. The molecular formula is C32H34N4O7. The van der Waals surface area contributed by atoms with E-state index in [1.807, 2.05) is 24.3 Å². The normalized spacial score (nSPS) is 23.4. The molecule has 0 N–H and O–H groups in total. The number of nitrogens with zero attached hydrogens (tertiary/aromatic N) is 4. The van der Waals surface area contributed by atoms with Crippen LogP contribution >= 0.6 is 0 Å². The molecular weight excluding hydrogens is 552 g/mol. The fourth-order valence-corrected chi connectivity index (χ4v) is 6.64. The van der Waals surface area contributed by atoms with Gasteiger partial charge in [0.2, 0.25) is 0 Å². The van der Waals surface area contributed by atoms with Gasteiger partial charge in [-0.1, -0.05) is 36.4 Å². The van der Waals surface area contributed by atoms with Crippen molar-refractivity contribution in [2.24, 2.45) is 0 Å². The number of amides is 4. The number of para-hydroxylation sites is 2. The van der Waals surface area contributed by atoms with Crippen molar-refractivity contribution in [3.63, 3.8) is 0 Å². The highest BCUT2D eigenvalue weighted by atomic mass is 16.6. The summed E-state index contributed by atoms with van der Waals surface area (Å²) >= 11 is 0. The molecule has 0 spiro atoms. The lowest BCUT2D eigenvalue weighted by atomic mass is 9.72. The van der Waals surface area contributed by atoms with Crippen molar-refractivity contribution in [2.45, 2.75) is 76.8 Å².